The Morgan fingerprint density at radius 2 is 2.04 bits per heavy atom. The van der Waals surface area contributed by atoms with Gasteiger partial charge in [0.15, 0.2) is 13.7 Å². The van der Waals surface area contributed by atoms with Gasteiger partial charge in [-0.25, -0.2) is 4.79 Å². The zero-order chi connectivity index (χ0) is 16.8. The molecule has 2 N–H and O–H groups in total. The molecule has 0 unspecified atom stereocenters. The summed E-state index contributed by atoms with van der Waals surface area (Å²) in [6.45, 7) is 0.910. The Bertz CT molecular complexity index is 787. The minimum Gasteiger partial charge on any atom is -0.493 e. The van der Waals surface area contributed by atoms with Crippen molar-refractivity contribution in [1.82, 2.24) is 9.72 Å². The fourth-order valence-corrected chi connectivity index (χ4v) is 2.05. The molecular formula is C15H15BN2O5. The van der Waals surface area contributed by atoms with E-state index in [-0.39, 0.29) is 5.56 Å². The summed E-state index contributed by atoms with van der Waals surface area (Å²) in [5.74, 6) is -1.17. The number of nitrogens with zero attached hydrogens (tertiary/aromatic N) is 1. The number of nitrogens with one attached hydrogen (secondary N) is 1. The summed E-state index contributed by atoms with van der Waals surface area (Å²) in [6, 6.07) is 5.72. The molecule has 2 rings (SSSR count). The number of carbonyl (C=O) groups excluding carboxylic acids is 1. The molecule has 1 amide bonds. The van der Waals surface area contributed by atoms with E-state index in [9.17, 15) is 14.4 Å². The van der Waals surface area contributed by atoms with Crippen molar-refractivity contribution < 1.29 is 19.4 Å². The molecule has 2 heterocycles. The van der Waals surface area contributed by atoms with Crippen molar-refractivity contribution in [3.05, 3.63) is 46.4 Å². The fraction of sp³-hybridized carbons (Fsp3) is 0.267. The number of unbranched alkanes of at least 4 members (excludes halogenated alkanes) is 1. The summed E-state index contributed by atoms with van der Waals surface area (Å²) >= 11 is 0. The van der Waals surface area contributed by atoms with Crippen LogP contribution in [-0.4, -0.2) is 42.3 Å². The van der Waals surface area contributed by atoms with Gasteiger partial charge in [-0.1, -0.05) is 0 Å². The van der Waals surface area contributed by atoms with Crippen molar-refractivity contribution in [1.29, 1.82) is 0 Å². The lowest BCUT2D eigenvalue weighted by Crippen LogP contribution is -2.22. The van der Waals surface area contributed by atoms with Crippen LogP contribution in [0.5, 0.6) is 5.75 Å². The van der Waals surface area contributed by atoms with Crippen LogP contribution in [0.3, 0.4) is 0 Å². The molecule has 2 aromatic rings. The molecule has 0 saturated heterocycles. The third-order valence-electron chi connectivity index (χ3n) is 3.16. The number of aromatic nitrogens is 1. The van der Waals surface area contributed by atoms with Crippen LogP contribution in [0.4, 0.5) is 4.79 Å². The van der Waals surface area contributed by atoms with Gasteiger partial charge in [0.2, 0.25) is 0 Å². The Hall–Kier alpha value is -2.77. The summed E-state index contributed by atoms with van der Waals surface area (Å²) in [4.78, 5) is 33.3. The van der Waals surface area contributed by atoms with Crippen molar-refractivity contribution in [3.63, 3.8) is 0 Å². The standard InChI is InChI=1S/C15H15BN2O5/c16-15(22)17-4-1-2-6-23-12-3-5-18-11(9-12)7-10(14(20)21)8-13(18)19/h3,5,7-9H,1-2,4,6H2,(H,17,22)(H,20,21). The monoisotopic (exact) mass is 314 g/mol. The lowest BCUT2D eigenvalue weighted by Gasteiger charge is -2.08. The Labute approximate surface area is 133 Å². The lowest BCUT2D eigenvalue weighted by atomic mass is 10.1. The molecule has 0 aliphatic carbocycles. The van der Waals surface area contributed by atoms with E-state index in [1.807, 2.05) is 0 Å². The Morgan fingerprint density at radius 3 is 2.74 bits per heavy atom. The van der Waals surface area contributed by atoms with Crippen LogP contribution in [0, 0.1) is 0 Å². The normalized spacial score (nSPS) is 10.4. The molecule has 0 fully saturated rings. The molecule has 0 atom stereocenters. The summed E-state index contributed by atoms with van der Waals surface area (Å²) < 4.78 is 6.90. The molecule has 0 bridgehead atoms. The maximum absolute atomic E-state index is 11.8. The summed E-state index contributed by atoms with van der Waals surface area (Å²) in [7, 11) is 4.95. The number of rotatable bonds is 7. The molecule has 0 aliphatic rings. The second kappa shape index (κ2) is 7.48. The molecule has 0 saturated carbocycles. The van der Waals surface area contributed by atoms with Crippen LogP contribution in [-0.2, 0) is 0 Å². The quantitative estimate of drug-likeness (QED) is 0.588. The highest BCUT2D eigenvalue weighted by atomic mass is 16.5. The van der Waals surface area contributed by atoms with Crippen molar-refractivity contribution in [2.24, 2.45) is 0 Å². The van der Waals surface area contributed by atoms with E-state index < -0.39 is 17.3 Å². The van der Waals surface area contributed by atoms with Gasteiger partial charge < -0.3 is 15.2 Å². The van der Waals surface area contributed by atoms with Crippen LogP contribution in [0.25, 0.3) is 5.52 Å². The topological polar surface area (TPSA) is 97.1 Å². The Balaban J connectivity index is 2.01. The van der Waals surface area contributed by atoms with Gasteiger partial charge in [0.1, 0.15) is 5.75 Å². The van der Waals surface area contributed by atoms with Gasteiger partial charge in [-0.15, -0.1) is 0 Å². The van der Waals surface area contributed by atoms with Crippen molar-refractivity contribution in [2.45, 2.75) is 12.8 Å². The highest BCUT2D eigenvalue weighted by molar-refractivity contribution is 6.57. The van der Waals surface area contributed by atoms with Gasteiger partial charge in [-0.05, 0) is 25.0 Å². The highest BCUT2D eigenvalue weighted by Gasteiger charge is 2.07. The predicted octanol–water partition coefficient (Wildman–Crippen LogP) is 1.03. The summed E-state index contributed by atoms with van der Waals surface area (Å²) in [5.41, 5.74) is -0.0311. The SMILES string of the molecule is [B]C(=O)NCCCCOc1ccn2c(=O)cc(C(=O)O)cc2c1. The minimum absolute atomic E-state index is 0.0651. The predicted molar refractivity (Wildman–Crippen MR) is 84.5 cm³/mol. The Kier molecular flexibility index (Phi) is 5.40. The van der Waals surface area contributed by atoms with Crippen LogP contribution < -0.4 is 15.6 Å². The average molecular weight is 314 g/mol. The smallest absolute Gasteiger partial charge is 0.335 e. The first-order valence-electron chi connectivity index (χ1n) is 7.03. The van der Waals surface area contributed by atoms with Gasteiger partial charge in [0.05, 0.1) is 17.7 Å². The first-order chi connectivity index (χ1) is 11.0. The van der Waals surface area contributed by atoms with Crippen LogP contribution >= 0.6 is 0 Å². The minimum atomic E-state index is -1.15. The maximum Gasteiger partial charge on any atom is 0.335 e. The number of hydrogen-bond acceptors (Lipinski definition) is 4. The second-order valence-corrected chi connectivity index (χ2v) is 4.89. The van der Waals surface area contributed by atoms with Crippen LogP contribution in [0.2, 0.25) is 0 Å². The Morgan fingerprint density at radius 1 is 1.26 bits per heavy atom. The number of ether oxygens (including phenoxy) is 1. The number of aromatic carboxylic acids is 1. The zero-order valence-electron chi connectivity index (χ0n) is 12.3. The van der Waals surface area contributed by atoms with Crippen molar-refractivity contribution in [3.8, 4) is 5.75 Å². The van der Waals surface area contributed by atoms with Gasteiger partial charge in [0, 0.05) is 24.9 Å². The molecule has 23 heavy (non-hydrogen) atoms. The number of pyridine rings is 2. The van der Waals surface area contributed by atoms with Gasteiger partial charge in [-0.2, -0.15) is 0 Å². The molecule has 7 nitrogen and oxygen atoms in total. The highest BCUT2D eigenvalue weighted by Crippen LogP contribution is 2.15. The summed E-state index contributed by atoms with van der Waals surface area (Å²) in [5, 5.41) is 11.5. The van der Waals surface area contributed by atoms with E-state index in [1.54, 1.807) is 12.1 Å². The van der Waals surface area contributed by atoms with Crippen LogP contribution in [0.1, 0.15) is 23.2 Å². The number of carboxylic acid groups (broad SMARTS) is 1. The molecule has 2 radical (unpaired) electrons. The largest absolute Gasteiger partial charge is 0.493 e. The third-order valence-corrected chi connectivity index (χ3v) is 3.16. The van der Waals surface area contributed by atoms with Crippen LogP contribution in [0.15, 0.2) is 35.3 Å². The number of hydrogen-bond donors (Lipinski definition) is 2. The molecule has 0 aliphatic heterocycles. The molecule has 8 heteroatoms. The molecule has 0 aromatic carbocycles. The molecule has 0 spiro atoms. The maximum atomic E-state index is 11.8. The van der Waals surface area contributed by atoms with E-state index in [2.05, 4.69) is 5.32 Å². The first kappa shape index (κ1) is 16.6. The van der Waals surface area contributed by atoms with Gasteiger partial charge in [0.25, 0.3) is 5.56 Å². The van der Waals surface area contributed by atoms with Gasteiger partial charge in [-0.3, -0.25) is 14.0 Å². The van der Waals surface area contributed by atoms with Crippen molar-refractivity contribution >= 4 is 25.1 Å². The number of carboxylic acids is 1. The first-order valence-corrected chi connectivity index (χ1v) is 7.03. The van der Waals surface area contributed by atoms with E-state index >= 15 is 0 Å². The lowest BCUT2D eigenvalue weighted by molar-refractivity contribution is 0.0696. The van der Waals surface area contributed by atoms with Crippen molar-refractivity contribution in [2.75, 3.05) is 13.2 Å². The summed E-state index contributed by atoms with van der Waals surface area (Å²) in [6.07, 6.45) is 2.97. The van der Waals surface area contributed by atoms with E-state index in [4.69, 9.17) is 17.7 Å². The average Bonchev–Trinajstić information content (AvgIpc) is 2.50. The number of fused-ring (bicyclic) bond motifs is 1. The zero-order valence-corrected chi connectivity index (χ0v) is 12.3. The second-order valence-electron chi connectivity index (χ2n) is 4.89. The number of amides is 1. The van der Waals surface area contributed by atoms with E-state index in [0.717, 1.165) is 12.5 Å². The molecule has 118 valence electrons. The van der Waals surface area contributed by atoms with E-state index in [0.29, 0.717) is 30.8 Å². The van der Waals surface area contributed by atoms with Gasteiger partial charge >= 0.3 is 5.97 Å². The number of carbonyl (C=O) groups is 2. The fourth-order valence-electron chi connectivity index (χ4n) is 2.05. The third kappa shape index (κ3) is 4.60. The molecular weight excluding hydrogens is 299 g/mol. The molecule has 2 aromatic heterocycles. The van der Waals surface area contributed by atoms with E-state index in [1.165, 1.54) is 16.7 Å².